The molecule has 0 spiro atoms. The SMILES string of the molecule is C=CCOC(=O)NCCc1nc(C(=O)O)c(C)s1. The van der Waals surface area contributed by atoms with Crippen LogP contribution in [-0.2, 0) is 11.2 Å². The molecule has 0 saturated heterocycles. The van der Waals surface area contributed by atoms with Gasteiger partial charge in [-0.2, -0.15) is 0 Å². The molecule has 1 amide bonds. The zero-order valence-corrected chi connectivity index (χ0v) is 10.7. The molecule has 98 valence electrons. The molecule has 0 fully saturated rings. The second-order valence-corrected chi connectivity index (χ2v) is 4.67. The summed E-state index contributed by atoms with van der Waals surface area (Å²) >= 11 is 1.31. The van der Waals surface area contributed by atoms with Gasteiger partial charge in [-0.05, 0) is 6.92 Å². The van der Waals surface area contributed by atoms with Gasteiger partial charge in [0.05, 0.1) is 5.01 Å². The Balaban J connectivity index is 2.40. The molecule has 0 aliphatic heterocycles. The number of carboxylic acids is 1. The number of carbonyl (C=O) groups is 2. The minimum absolute atomic E-state index is 0.0734. The van der Waals surface area contributed by atoms with E-state index >= 15 is 0 Å². The van der Waals surface area contributed by atoms with Crippen LogP contribution in [0.5, 0.6) is 0 Å². The normalized spacial score (nSPS) is 9.83. The maximum Gasteiger partial charge on any atom is 0.407 e. The van der Waals surface area contributed by atoms with Gasteiger partial charge in [0.15, 0.2) is 5.69 Å². The lowest BCUT2D eigenvalue weighted by Gasteiger charge is -2.03. The number of thiazole rings is 1. The first-order valence-electron chi connectivity index (χ1n) is 5.25. The number of nitrogens with one attached hydrogen (secondary N) is 1. The van der Waals surface area contributed by atoms with Crippen molar-refractivity contribution in [3.05, 3.63) is 28.2 Å². The summed E-state index contributed by atoms with van der Waals surface area (Å²) in [5, 5.41) is 12.0. The number of hydrogen-bond donors (Lipinski definition) is 2. The molecule has 1 heterocycles. The average Bonchev–Trinajstić information content (AvgIpc) is 2.68. The summed E-state index contributed by atoms with van der Waals surface area (Å²) < 4.78 is 4.72. The predicted octanol–water partition coefficient (Wildman–Crippen LogP) is 1.60. The van der Waals surface area contributed by atoms with Crippen molar-refractivity contribution < 1.29 is 19.4 Å². The van der Waals surface area contributed by atoms with Crippen LogP contribution in [0.3, 0.4) is 0 Å². The second-order valence-electron chi connectivity index (χ2n) is 3.38. The van der Waals surface area contributed by atoms with Crippen LogP contribution in [0.15, 0.2) is 12.7 Å². The Morgan fingerprint density at radius 3 is 2.89 bits per heavy atom. The lowest BCUT2D eigenvalue weighted by atomic mass is 10.4. The average molecular weight is 270 g/mol. The van der Waals surface area contributed by atoms with E-state index in [1.54, 1.807) is 6.92 Å². The van der Waals surface area contributed by atoms with E-state index in [2.05, 4.69) is 16.9 Å². The van der Waals surface area contributed by atoms with Gasteiger partial charge in [0.25, 0.3) is 0 Å². The van der Waals surface area contributed by atoms with Crippen LogP contribution in [0.25, 0.3) is 0 Å². The van der Waals surface area contributed by atoms with Gasteiger partial charge in [-0.15, -0.1) is 11.3 Å². The number of carbonyl (C=O) groups excluding carboxylic acids is 1. The van der Waals surface area contributed by atoms with E-state index in [4.69, 9.17) is 9.84 Å². The Kier molecular flexibility index (Phi) is 5.31. The third-order valence-electron chi connectivity index (χ3n) is 1.98. The monoisotopic (exact) mass is 270 g/mol. The quantitative estimate of drug-likeness (QED) is 0.766. The fourth-order valence-corrected chi connectivity index (χ4v) is 2.14. The fraction of sp³-hybridized carbons (Fsp3) is 0.364. The van der Waals surface area contributed by atoms with Crippen LogP contribution in [0.4, 0.5) is 4.79 Å². The number of aryl methyl sites for hydroxylation is 1. The first-order valence-corrected chi connectivity index (χ1v) is 6.07. The first-order chi connectivity index (χ1) is 8.54. The molecular weight excluding hydrogens is 256 g/mol. The number of nitrogens with zero attached hydrogens (tertiary/aromatic N) is 1. The number of aromatic carboxylic acids is 1. The van der Waals surface area contributed by atoms with E-state index in [1.807, 2.05) is 0 Å². The largest absolute Gasteiger partial charge is 0.476 e. The van der Waals surface area contributed by atoms with Crippen molar-refractivity contribution in [2.45, 2.75) is 13.3 Å². The van der Waals surface area contributed by atoms with Gasteiger partial charge < -0.3 is 15.2 Å². The summed E-state index contributed by atoms with van der Waals surface area (Å²) in [6.07, 6.45) is 1.42. The standard InChI is InChI=1S/C11H14N2O4S/c1-3-6-17-11(16)12-5-4-8-13-9(10(14)15)7(2)18-8/h3H,1,4-6H2,2H3,(H,12,16)(H,14,15). The number of amides is 1. The summed E-state index contributed by atoms with van der Waals surface area (Å²) in [4.78, 5) is 26.5. The van der Waals surface area contributed by atoms with Crippen LogP contribution in [0.1, 0.15) is 20.4 Å². The highest BCUT2D eigenvalue weighted by atomic mass is 32.1. The molecule has 0 radical (unpaired) electrons. The molecule has 7 heteroatoms. The second kappa shape index (κ2) is 6.75. The molecular formula is C11H14N2O4S. The van der Waals surface area contributed by atoms with Gasteiger partial charge in [0.2, 0.25) is 0 Å². The van der Waals surface area contributed by atoms with Crippen LogP contribution >= 0.6 is 11.3 Å². The molecule has 0 atom stereocenters. The molecule has 0 saturated carbocycles. The Bertz CT molecular complexity index is 456. The zero-order chi connectivity index (χ0) is 13.5. The number of alkyl carbamates (subject to hydrolysis) is 1. The Hall–Kier alpha value is -1.89. The van der Waals surface area contributed by atoms with E-state index in [0.717, 1.165) is 0 Å². The van der Waals surface area contributed by atoms with Gasteiger partial charge in [0.1, 0.15) is 6.61 Å². The fourth-order valence-electron chi connectivity index (χ4n) is 1.21. The molecule has 18 heavy (non-hydrogen) atoms. The highest BCUT2D eigenvalue weighted by Crippen LogP contribution is 2.17. The van der Waals surface area contributed by atoms with Crippen molar-refractivity contribution in [2.75, 3.05) is 13.2 Å². The van der Waals surface area contributed by atoms with Crippen molar-refractivity contribution in [1.29, 1.82) is 0 Å². The summed E-state index contributed by atoms with van der Waals surface area (Å²) in [6.45, 7) is 5.63. The third-order valence-corrected chi connectivity index (χ3v) is 3.01. The van der Waals surface area contributed by atoms with Crippen molar-refractivity contribution >= 4 is 23.4 Å². The van der Waals surface area contributed by atoms with Crippen LogP contribution in [-0.4, -0.2) is 35.3 Å². The molecule has 1 aromatic heterocycles. The van der Waals surface area contributed by atoms with Crippen LogP contribution in [0.2, 0.25) is 0 Å². The van der Waals surface area contributed by atoms with Crippen molar-refractivity contribution in [1.82, 2.24) is 10.3 Å². The highest BCUT2D eigenvalue weighted by molar-refractivity contribution is 7.11. The number of ether oxygens (including phenoxy) is 1. The molecule has 0 bridgehead atoms. The zero-order valence-electron chi connectivity index (χ0n) is 9.93. The minimum Gasteiger partial charge on any atom is -0.476 e. The number of aromatic nitrogens is 1. The van der Waals surface area contributed by atoms with Crippen molar-refractivity contribution in [3.8, 4) is 0 Å². The molecule has 2 N–H and O–H groups in total. The van der Waals surface area contributed by atoms with Gasteiger partial charge in [-0.1, -0.05) is 12.7 Å². The van der Waals surface area contributed by atoms with E-state index in [9.17, 15) is 9.59 Å². The molecule has 0 unspecified atom stereocenters. The third kappa shape index (κ3) is 4.17. The molecule has 6 nitrogen and oxygen atoms in total. The van der Waals surface area contributed by atoms with Gasteiger partial charge in [0, 0.05) is 17.8 Å². The predicted molar refractivity (Wildman–Crippen MR) is 67.1 cm³/mol. The van der Waals surface area contributed by atoms with Crippen LogP contribution < -0.4 is 5.32 Å². The summed E-state index contributed by atoms with van der Waals surface area (Å²) in [5.41, 5.74) is 0.0734. The Labute approximate surface area is 108 Å². The van der Waals surface area contributed by atoms with E-state index < -0.39 is 12.1 Å². The maximum atomic E-state index is 11.1. The Morgan fingerprint density at radius 1 is 1.61 bits per heavy atom. The van der Waals surface area contributed by atoms with E-state index in [-0.39, 0.29) is 12.3 Å². The Morgan fingerprint density at radius 2 is 2.33 bits per heavy atom. The smallest absolute Gasteiger partial charge is 0.407 e. The minimum atomic E-state index is -1.03. The molecule has 1 aromatic rings. The molecule has 0 aromatic carbocycles. The van der Waals surface area contributed by atoms with Crippen molar-refractivity contribution in [2.24, 2.45) is 0 Å². The van der Waals surface area contributed by atoms with E-state index in [1.165, 1.54) is 17.4 Å². The number of hydrogen-bond acceptors (Lipinski definition) is 5. The maximum absolute atomic E-state index is 11.1. The highest BCUT2D eigenvalue weighted by Gasteiger charge is 2.13. The molecule has 1 rings (SSSR count). The summed E-state index contributed by atoms with van der Waals surface area (Å²) in [7, 11) is 0. The first kappa shape index (κ1) is 14.2. The van der Waals surface area contributed by atoms with Crippen LogP contribution in [0, 0.1) is 6.92 Å². The molecule has 0 aliphatic carbocycles. The number of carboxylic acid groups (broad SMARTS) is 1. The van der Waals surface area contributed by atoms with E-state index in [0.29, 0.717) is 22.9 Å². The van der Waals surface area contributed by atoms with Gasteiger partial charge in [-0.3, -0.25) is 0 Å². The van der Waals surface area contributed by atoms with Crippen molar-refractivity contribution in [3.63, 3.8) is 0 Å². The summed E-state index contributed by atoms with van der Waals surface area (Å²) in [6, 6.07) is 0. The molecule has 0 aliphatic rings. The van der Waals surface area contributed by atoms with Gasteiger partial charge >= 0.3 is 12.1 Å². The summed E-state index contributed by atoms with van der Waals surface area (Å²) in [5.74, 6) is -1.03. The number of rotatable bonds is 6. The van der Waals surface area contributed by atoms with Gasteiger partial charge in [-0.25, -0.2) is 14.6 Å². The lowest BCUT2D eigenvalue weighted by molar-refractivity contribution is 0.0690. The topological polar surface area (TPSA) is 88.5 Å². The lowest BCUT2D eigenvalue weighted by Crippen LogP contribution is -2.26.